The van der Waals surface area contributed by atoms with Crippen LogP contribution in [0, 0.1) is 0 Å². The zero-order chi connectivity index (χ0) is 12.6. The first-order valence-corrected chi connectivity index (χ1v) is 5.46. The Morgan fingerprint density at radius 2 is 1.44 bits per heavy atom. The van der Waals surface area contributed by atoms with Gasteiger partial charge in [-0.3, -0.25) is 0 Å². The molecule has 0 bridgehead atoms. The molecule has 0 N–H and O–H groups in total. The minimum atomic E-state index is -4.09. The normalized spacial score (nSPS) is 23.8. The molecule has 0 saturated carbocycles. The molecule has 94 valence electrons. The Labute approximate surface area is 94.6 Å². The van der Waals surface area contributed by atoms with Crippen LogP contribution in [0.25, 0.3) is 0 Å². The van der Waals surface area contributed by atoms with Gasteiger partial charge in [-0.25, -0.2) is 0 Å². The molecule has 1 fully saturated rings. The van der Waals surface area contributed by atoms with Crippen LogP contribution in [0.1, 0.15) is 40.5 Å². The number of halogens is 3. The molecule has 0 unspecified atom stereocenters. The molecule has 0 radical (unpaired) electrons. The predicted molar refractivity (Wildman–Crippen MR) is 56.2 cm³/mol. The number of alkyl halides is 3. The Bertz CT molecular complexity index is 235. The van der Waals surface area contributed by atoms with E-state index in [1.165, 1.54) is 0 Å². The maximum absolute atomic E-state index is 12.0. The topological polar surface area (TPSA) is 18.5 Å². The van der Waals surface area contributed by atoms with Gasteiger partial charge in [0.15, 0.2) is 0 Å². The lowest BCUT2D eigenvalue weighted by atomic mass is 9.82. The van der Waals surface area contributed by atoms with Gasteiger partial charge in [0.05, 0.1) is 11.2 Å². The van der Waals surface area contributed by atoms with Crippen LogP contribution in [0.4, 0.5) is 13.2 Å². The van der Waals surface area contributed by atoms with Crippen molar-refractivity contribution in [3.05, 3.63) is 0 Å². The van der Waals surface area contributed by atoms with Gasteiger partial charge >= 0.3 is 13.3 Å². The first-order chi connectivity index (χ1) is 7.04. The van der Waals surface area contributed by atoms with Gasteiger partial charge in [0.1, 0.15) is 0 Å². The molecule has 1 saturated heterocycles. The van der Waals surface area contributed by atoms with Gasteiger partial charge in [-0.15, -0.1) is 0 Å². The van der Waals surface area contributed by atoms with Crippen LogP contribution in [0.15, 0.2) is 0 Å². The molecule has 0 amide bonds. The molecular weight excluding hydrogens is 220 g/mol. The van der Waals surface area contributed by atoms with E-state index in [2.05, 4.69) is 0 Å². The Morgan fingerprint density at radius 1 is 1.00 bits per heavy atom. The quantitative estimate of drug-likeness (QED) is 0.701. The van der Waals surface area contributed by atoms with E-state index in [4.69, 9.17) is 9.31 Å². The van der Waals surface area contributed by atoms with E-state index >= 15 is 0 Å². The number of hydrogen-bond donors (Lipinski definition) is 0. The van der Waals surface area contributed by atoms with E-state index in [1.807, 2.05) is 27.7 Å². The van der Waals surface area contributed by atoms with Crippen molar-refractivity contribution in [2.75, 3.05) is 0 Å². The summed E-state index contributed by atoms with van der Waals surface area (Å²) >= 11 is 0. The van der Waals surface area contributed by atoms with Crippen molar-refractivity contribution in [1.29, 1.82) is 0 Å². The second kappa shape index (κ2) is 4.22. The summed E-state index contributed by atoms with van der Waals surface area (Å²) in [5, 5.41) is 0. The third-order valence-electron chi connectivity index (χ3n) is 3.20. The van der Waals surface area contributed by atoms with Crippen LogP contribution in [-0.2, 0) is 9.31 Å². The van der Waals surface area contributed by atoms with Gasteiger partial charge in [0.25, 0.3) is 0 Å². The summed E-state index contributed by atoms with van der Waals surface area (Å²) < 4.78 is 47.0. The molecule has 1 rings (SSSR count). The monoisotopic (exact) mass is 238 g/mol. The molecule has 0 spiro atoms. The molecule has 1 aliphatic rings. The van der Waals surface area contributed by atoms with Crippen LogP contribution in [0.3, 0.4) is 0 Å². The molecule has 1 heterocycles. The minimum absolute atomic E-state index is 0.0420. The first kappa shape index (κ1) is 13.8. The number of hydrogen-bond acceptors (Lipinski definition) is 2. The van der Waals surface area contributed by atoms with Crippen molar-refractivity contribution in [1.82, 2.24) is 0 Å². The van der Waals surface area contributed by atoms with E-state index in [1.54, 1.807) is 0 Å². The molecule has 2 nitrogen and oxygen atoms in total. The van der Waals surface area contributed by atoms with Crippen molar-refractivity contribution < 1.29 is 22.5 Å². The van der Waals surface area contributed by atoms with Crippen LogP contribution in [-0.4, -0.2) is 24.5 Å². The largest absolute Gasteiger partial charge is 0.457 e. The fourth-order valence-electron chi connectivity index (χ4n) is 1.55. The molecule has 0 aromatic rings. The Balaban J connectivity index is 2.38. The molecule has 6 heteroatoms. The van der Waals surface area contributed by atoms with Crippen LogP contribution in [0.5, 0.6) is 0 Å². The van der Waals surface area contributed by atoms with E-state index in [9.17, 15) is 13.2 Å². The third-order valence-corrected chi connectivity index (χ3v) is 3.20. The summed E-state index contributed by atoms with van der Waals surface area (Å²) in [7, 11) is -0.521. The minimum Gasteiger partial charge on any atom is -0.403 e. The average Bonchev–Trinajstić information content (AvgIpc) is 2.17. The van der Waals surface area contributed by atoms with Crippen molar-refractivity contribution in [3.63, 3.8) is 0 Å². The second-order valence-corrected chi connectivity index (χ2v) is 5.19. The lowest BCUT2D eigenvalue weighted by Gasteiger charge is -2.32. The highest BCUT2D eigenvalue weighted by atomic mass is 19.4. The SMILES string of the molecule is CC1(C)OB(CCCC(F)(F)F)OC1(C)C. The average molecular weight is 238 g/mol. The maximum Gasteiger partial charge on any atom is 0.457 e. The van der Waals surface area contributed by atoms with Gasteiger partial charge < -0.3 is 9.31 Å². The summed E-state index contributed by atoms with van der Waals surface area (Å²) in [6.07, 6.45) is -4.55. The fraction of sp³-hybridized carbons (Fsp3) is 1.00. The Hall–Kier alpha value is -0.225. The van der Waals surface area contributed by atoms with Crippen LogP contribution in [0.2, 0.25) is 6.32 Å². The molecule has 0 aromatic heterocycles. The molecule has 1 aliphatic heterocycles. The lowest BCUT2D eigenvalue weighted by Crippen LogP contribution is -2.41. The fourth-order valence-corrected chi connectivity index (χ4v) is 1.55. The van der Waals surface area contributed by atoms with E-state index < -0.39 is 30.9 Å². The Morgan fingerprint density at radius 3 is 1.81 bits per heavy atom. The standard InChI is InChI=1S/C10H18BF3O2/c1-8(2)9(3,4)16-11(15-8)7-5-6-10(12,13)14/h5-7H2,1-4H3. The third kappa shape index (κ3) is 3.38. The summed E-state index contributed by atoms with van der Waals surface area (Å²) in [5.74, 6) is 0. The zero-order valence-corrected chi connectivity index (χ0v) is 10.1. The van der Waals surface area contributed by atoms with Crippen molar-refractivity contribution >= 4 is 7.12 Å². The highest BCUT2D eigenvalue weighted by molar-refractivity contribution is 6.45. The molecule has 0 aromatic carbocycles. The van der Waals surface area contributed by atoms with Crippen molar-refractivity contribution in [3.8, 4) is 0 Å². The van der Waals surface area contributed by atoms with Crippen molar-refractivity contribution in [2.45, 2.75) is 64.2 Å². The molecule has 0 atom stereocenters. The van der Waals surface area contributed by atoms with Gasteiger partial charge in [0.2, 0.25) is 0 Å². The van der Waals surface area contributed by atoms with E-state index in [0.29, 0.717) is 0 Å². The second-order valence-electron chi connectivity index (χ2n) is 5.19. The molecule has 16 heavy (non-hydrogen) atoms. The zero-order valence-electron chi connectivity index (χ0n) is 10.1. The molecular formula is C10H18BF3O2. The smallest absolute Gasteiger partial charge is 0.403 e. The highest BCUT2D eigenvalue weighted by Gasteiger charge is 2.50. The molecule has 0 aliphatic carbocycles. The van der Waals surface area contributed by atoms with E-state index in [-0.39, 0.29) is 12.7 Å². The summed E-state index contributed by atoms with van der Waals surface area (Å²) in [6, 6.07) is 0. The predicted octanol–water partition coefficient (Wildman–Crippen LogP) is 3.42. The lowest BCUT2D eigenvalue weighted by molar-refractivity contribution is -0.134. The van der Waals surface area contributed by atoms with Crippen LogP contribution < -0.4 is 0 Å². The Kier molecular flexibility index (Phi) is 3.65. The first-order valence-electron chi connectivity index (χ1n) is 5.46. The summed E-state index contributed by atoms with van der Waals surface area (Å²) in [6.45, 7) is 7.54. The summed E-state index contributed by atoms with van der Waals surface area (Å²) in [4.78, 5) is 0. The van der Waals surface area contributed by atoms with Crippen molar-refractivity contribution in [2.24, 2.45) is 0 Å². The number of rotatable bonds is 3. The van der Waals surface area contributed by atoms with Gasteiger partial charge in [-0.1, -0.05) is 0 Å². The van der Waals surface area contributed by atoms with E-state index in [0.717, 1.165) is 0 Å². The van der Waals surface area contributed by atoms with Gasteiger partial charge in [-0.2, -0.15) is 13.2 Å². The summed E-state index contributed by atoms with van der Waals surface area (Å²) in [5.41, 5.74) is -0.925. The van der Waals surface area contributed by atoms with Crippen LogP contribution >= 0.6 is 0 Å². The van der Waals surface area contributed by atoms with Gasteiger partial charge in [-0.05, 0) is 40.4 Å². The maximum atomic E-state index is 12.0. The highest BCUT2D eigenvalue weighted by Crippen LogP contribution is 2.38. The van der Waals surface area contributed by atoms with Gasteiger partial charge in [0, 0.05) is 6.42 Å².